The molecule has 1 amide bonds. The first-order valence-electron chi connectivity index (χ1n) is 9.99. The van der Waals surface area contributed by atoms with E-state index in [-0.39, 0.29) is 11.9 Å². The average molecular weight is 354 g/mol. The fourth-order valence-corrected chi connectivity index (χ4v) is 2.84. The molecule has 0 bridgehead atoms. The van der Waals surface area contributed by atoms with Crippen LogP contribution in [0, 0.1) is 0 Å². The van der Waals surface area contributed by atoms with Crippen LogP contribution in [-0.4, -0.2) is 17.4 Å². The minimum absolute atomic E-state index is 0.108. The lowest BCUT2D eigenvalue weighted by Gasteiger charge is -2.30. The summed E-state index contributed by atoms with van der Waals surface area (Å²) >= 11 is 0. The lowest BCUT2D eigenvalue weighted by atomic mass is 10.0. The average Bonchev–Trinajstić information content (AvgIpc) is 2.69. The van der Waals surface area contributed by atoms with Crippen molar-refractivity contribution in [1.29, 1.82) is 0 Å². The van der Waals surface area contributed by atoms with E-state index >= 15 is 0 Å². The summed E-state index contributed by atoms with van der Waals surface area (Å²) in [5, 5.41) is 0. The number of amides is 1. The molecular weight excluding hydrogens is 318 g/mol. The summed E-state index contributed by atoms with van der Waals surface area (Å²) in [5.74, 6) is 0.216. The number of aryl methyl sites for hydroxylation is 1. The van der Waals surface area contributed by atoms with Gasteiger partial charge in [0.25, 0.3) is 0 Å². The molecule has 1 unspecified atom stereocenters. The normalized spacial score (nSPS) is 11.3. The second-order valence-electron chi connectivity index (χ2n) is 6.65. The first kappa shape index (κ1) is 22.0. The highest BCUT2D eigenvalue weighted by Gasteiger charge is 2.19. The van der Waals surface area contributed by atoms with Gasteiger partial charge in [-0.1, -0.05) is 88.7 Å². The van der Waals surface area contributed by atoms with Crippen LogP contribution in [0.2, 0.25) is 0 Å². The van der Waals surface area contributed by atoms with Crippen LogP contribution in [0.4, 0.5) is 0 Å². The fraction of sp³-hybridized carbons (Fsp3) is 0.458. The topological polar surface area (TPSA) is 20.3 Å². The molecule has 0 saturated heterocycles. The van der Waals surface area contributed by atoms with Crippen LogP contribution < -0.4 is 0 Å². The zero-order valence-electron chi connectivity index (χ0n) is 17.2. The number of nitrogens with zero attached hydrogens (tertiary/aromatic N) is 1. The fourth-order valence-electron chi connectivity index (χ4n) is 2.84. The van der Waals surface area contributed by atoms with Crippen molar-refractivity contribution < 1.29 is 4.79 Å². The maximum atomic E-state index is 12.4. The number of benzene rings is 2. The Bertz CT molecular complexity index is 618. The monoisotopic (exact) mass is 353 g/mol. The Hall–Kier alpha value is -2.09. The van der Waals surface area contributed by atoms with Crippen molar-refractivity contribution in [2.75, 3.05) is 6.54 Å². The Balaban J connectivity index is 0.00000105. The van der Waals surface area contributed by atoms with Crippen molar-refractivity contribution in [2.24, 2.45) is 0 Å². The SMILES string of the molecule is CCC.CCC(=O)N(CCc1ccccc1)C(C)c1ccc(CC)cc1. The van der Waals surface area contributed by atoms with Gasteiger partial charge in [-0.3, -0.25) is 4.79 Å². The van der Waals surface area contributed by atoms with Crippen LogP contribution in [0.15, 0.2) is 54.6 Å². The van der Waals surface area contributed by atoms with E-state index in [0.717, 1.165) is 19.4 Å². The number of hydrogen-bond donors (Lipinski definition) is 0. The van der Waals surface area contributed by atoms with Crippen LogP contribution in [-0.2, 0) is 17.6 Å². The molecule has 26 heavy (non-hydrogen) atoms. The van der Waals surface area contributed by atoms with Gasteiger partial charge in [-0.15, -0.1) is 0 Å². The number of rotatable bonds is 7. The first-order chi connectivity index (χ1) is 12.6. The second kappa shape index (κ2) is 12.3. The number of hydrogen-bond acceptors (Lipinski definition) is 1. The smallest absolute Gasteiger partial charge is 0.222 e. The van der Waals surface area contributed by atoms with Crippen LogP contribution in [0.25, 0.3) is 0 Å². The molecule has 0 aliphatic rings. The van der Waals surface area contributed by atoms with Gasteiger partial charge in [0.2, 0.25) is 5.91 Å². The summed E-state index contributed by atoms with van der Waals surface area (Å²) in [6.07, 6.45) is 3.73. The van der Waals surface area contributed by atoms with Gasteiger partial charge in [-0.25, -0.2) is 0 Å². The summed E-state index contributed by atoms with van der Waals surface area (Å²) in [6.45, 7) is 11.2. The highest BCUT2D eigenvalue weighted by Crippen LogP contribution is 2.22. The molecule has 0 N–H and O–H groups in total. The minimum Gasteiger partial charge on any atom is -0.336 e. The third-order valence-electron chi connectivity index (χ3n) is 4.44. The molecule has 0 aromatic heterocycles. The quantitative estimate of drug-likeness (QED) is 0.579. The molecule has 2 aromatic rings. The van der Waals surface area contributed by atoms with E-state index in [2.05, 4.69) is 64.1 Å². The molecular formula is C24H35NO. The van der Waals surface area contributed by atoms with Gasteiger partial charge in [0.15, 0.2) is 0 Å². The molecule has 0 saturated carbocycles. The molecule has 2 heteroatoms. The van der Waals surface area contributed by atoms with E-state index in [4.69, 9.17) is 0 Å². The van der Waals surface area contributed by atoms with Gasteiger partial charge in [-0.2, -0.15) is 0 Å². The summed E-state index contributed by atoms with van der Waals surface area (Å²) < 4.78 is 0. The van der Waals surface area contributed by atoms with Gasteiger partial charge in [0.1, 0.15) is 0 Å². The molecule has 0 aliphatic carbocycles. The highest BCUT2D eigenvalue weighted by molar-refractivity contribution is 5.76. The van der Waals surface area contributed by atoms with E-state index in [0.29, 0.717) is 6.42 Å². The molecule has 0 radical (unpaired) electrons. The Kier molecular flexibility index (Phi) is 10.4. The lowest BCUT2D eigenvalue weighted by molar-refractivity contribution is -0.133. The Morgan fingerprint density at radius 3 is 1.96 bits per heavy atom. The van der Waals surface area contributed by atoms with E-state index in [1.54, 1.807) is 0 Å². The molecule has 2 rings (SSSR count). The predicted molar refractivity (Wildman–Crippen MR) is 112 cm³/mol. The van der Waals surface area contributed by atoms with Crippen molar-refractivity contribution in [3.63, 3.8) is 0 Å². The zero-order valence-corrected chi connectivity index (χ0v) is 17.2. The van der Waals surface area contributed by atoms with Crippen molar-refractivity contribution in [3.05, 3.63) is 71.3 Å². The van der Waals surface area contributed by atoms with Crippen LogP contribution >= 0.6 is 0 Å². The van der Waals surface area contributed by atoms with Crippen LogP contribution in [0.5, 0.6) is 0 Å². The van der Waals surface area contributed by atoms with E-state index in [9.17, 15) is 4.79 Å². The number of carbonyl (C=O) groups is 1. The second-order valence-corrected chi connectivity index (χ2v) is 6.65. The molecule has 0 heterocycles. The summed E-state index contributed by atoms with van der Waals surface area (Å²) in [6, 6.07) is 19.1. The standard InChI is InChI=1S/C21H27NO.C3H8/c1-4-18-11-13-20(14-12-18)17(3)22(21(23)5-2)16-15-19-9-7-6-8-10-19;1-3-2/h6-14,17H,4-5,15-16H2,1-3H3;3H2,1-2H3. The zero-order chi connectivity index (χ0) is 19.4. The van der Waals surface area contributed by atoms with E-state index < -0.39 is 0 Å². The van der Waals surface area contributed by atoms with Crippen LogP contribution in [0.1, 0.15) is 70.2 Å². The van der Waals surface area contributed by atoms with Gasteiger partial charge < -0.3 is 4.90 Å². The van der Waals surface area contributed by atoms with Gasteiger partial charge in [-0.05, 0) is 36.5 Å². The van der Waals surface area contributed by atoms with E-state index in [1.165, 1.54) is 23.1 Å². The molecule has 2 nitrogen and oxygen atoms in total. The Morgan fingerprint density at radius 2 is 1.46 bits per heavy atom. The van der Waals surface area contributed by atoms with Crippen molar-refractivity contribution in [2.45, 2.75) is 66.3 Å². The van der Waals surface area contributed by atoms with Crippen LogP contribution in [0.3, 0.4) is 0 Å². The summed E-state index contributed by atoms with van der Waals surface area (Å²) in [7, 11) is 0. The molecule has 2 aromatic carbocycles. The molecule has 0 fully saturated rings. The van der Waals surface area contributed by atoms with Crippen molar-refractivity contribution in [3.8, 4) is 0 Å². The maximum Gasteiger partial charge on any atom is 0.222 e. The van der Waals surface area contributed by atoms with Crippen molar-refractivity contribution >= 4 is 5.91 Å². The maximum absolute atomic E-state index is 12.4. The Morgan fingerprint density at radius 1 is 0.885 bits per heavy atom. The number of carbonyl (C=O) groups excluding carboxylic acids is 1. The van der Waals surface area contributed by atoms with Gasteiger partial charge in [0.05, 0.1) is 6.04 Å². The highest BCUT2D eigenvalue weighted by atomic mass is 16.2. The molecule has 142 valence electrons. The molecule has 0 spiro atoms. The minimum atomic E-state index is 0.108. The Labute approximate surface area is 160 Å². The largest absolute Gasteiger partial charge is 0.336 e. The molecule has 0 aliphatic heterocycles. The van der Waals surface area contributed by atoms with E-state index in [1.807, 2.05) is 30.0 Å². The van der Waals surface area contributed by atoms with Gasteiger partial charge >= 0.3 is 0 Å². The first-order valence-corrected chi connectivity index (χ1v) is 9.99. The summed E-state index contributed by atoms with van der Waals surface area (Å²) in [5.41, 5.74) is 3.81. The third kappa shape index (κ3) is 7.03. The lowest BCUT2D eigenvalue weighted by Crippen LogP contribution is -2.34. The van der Waals surface area contributed by atoms with Crippen molar-refractivity contribution in [1.82, 2.24) is 4.90 Å². The van der Waals surface area contributed by atoms with Gasteiger partial charge in [0, 0.05) is 13.0 Å². The molecule has 1 atom stereocenters. The summed E-state index contributed by atoms with van der Waals surface area (Å²) in [4.78, 5) is 14.4. The third-order valence-corrected chi connectivity index (χ3v) is 4.44. The predicted octanol–water partition coefficient (Wildman–Crippen LogP) is 6.21.